The van der Waals surface area contributed by atoms with Gasteiger partial charge in [-0.3, -0.25) is 4.79 Å². The van der Waals surface area contributed by atoms with Crippen LogP contribution in [0.5, 0.6) is 0 Å². The van der Waals surface area contributed by atoms with E-state index in [9.17, 15) is 4.79 Å². The molecule has 0 N–H and O–H groups in total. The van der Waals surface area contributed by atoms with Gasteiger partial charge in [-0.05, 0) is 31.1 Å². The fourth-order valence-electron chi connectivity index (χ4n) is 3.63. The quantitative estimate of drug-likeness (QED) is 0.755. The Kier molecular flexibility index (Phi) is 3.04. The Balaban J connectivity index is 1.58. The van der Waals surface area contributed by atoms with Gasteiger partial charge in [-0.1, -0.05) is 24.9 Å². The number of amides is 1. The molecule has 18 heavy (non-hydrogen) atoms. The van der Waals surface area contributed by atoms with Gasteiger partial charge in [-0.2, -0.15) is 0 Å². The van der Waals surface area contributed by atoms with Gasteiger partial charge in [0.15, 0.2) is 0 Å². The molecule has 0 aromatic carbocycles. The van der Waals surface area contributed by atoms with Crippen molar-refractivity contribution in [1.82, 2.24) is 4.90 Å². The average molecular weight is 250 g/mol. The molecule has 4 nitrogen and oxygen atoms in total. The van der Waals surface area contributed by atoms with E-state index in [1.165, 1.54) is 32.1 Å². The fourth-order valence-corrected chi connectivity index (χ4v) is 3.63. The third kappa shape index (κ3) is 2.02. The Morgan fingerprint density at radius 3 is 2.89 bits per heavy atom. The topological polar surface area (TPSA) is 41.9 Å². The van der Waals surface area contributed by atoms with Crippen LogP contribution < -0.4 is 0 Å². The van der Waals surface area contributed by atoms with E-state index in [-0.39, 0.29) is 12.0 Å². The maximum absolute atomic E-state index is 12.4. The highest BCUT2D eigenvalue weighted by atomic mass is 16.6. The first-order valence-electron chi connectivity index (χ1n) is 7.23. The Bertz CT molecular complexity index is 372. The van der Waals surface area contributed by atoms with Crippen LogP contribution in [0.15, 0.2) is 5.16 Å². The molecular formula is C14H22N2O2. The third-order valence-electron chi connectivity index (χ3n) is 4.83. The molecule has 2 heterocycles. The summed E-state index contributed by atoms with van der Waals surface area (Å²) in [5.41, 5.74) is 1.46. The number of likely N-dealkylation sites (tertiary alicyclic amines) is 1. The van der Waals surface area contributed by atoms with Gasteiger partial charge in [0, 0.05) is 19.5 Å². The maximum atomic E-state index is 12.4. The molecule has 0 bridgehead atoms. The first-order chi connectivity index (χ1) is 8.72. The summed E-state index contributed by atoms with van der Waals surface area (Å²) in [4.78, 5) is 19.7. The zero-order valence-corrected chi connectivity index (χ0v) is 11.2. The van der Waals surface area contributed by atoms with Gasteiger partial charge < -0.3 is 9.74 Å². The van der Waals surface area contributed by atoms with Crippen molar-refractivity contribution in [2.24, 2.45) is 10.6 Å². The number of hydrogen-bond donors (Lipinski definition) is 0. The minimum Gasteiger partial charge on any atom is -0.382 e. The Morgan fingerprint density at radius 1 is 1.44 bits per heavy atom. The van der Waals surface area contributed by atoms with Crippen molar-refractivity contribution >= 4 is 11.6 Å². The zero-order chi connectivity index (χ0) is 12.6. The van der Waals surface area contributed by atoms with Crippen LogP contribution in [0.1, 0.15) is 51.9 Å². The minimum absolute atomic E-state index is 0.158. The lowest BCUT2D eigenvalue weighted by Gasteiger charge is -2.24. The summed E-state index contributed by atoms with van der Waals surface area (Å²) in [5.74, 6) is 0.158. The van der Waals surface area contributed by atoms with Crippen molar-refractivity contribution in [3.05, 3.63) is 0 Å². The highest BCUT2D eigenvalue weighted by Gasteiger charge is 2.44. The molecule has 2 aliphatic heterocycles. The van der Waals surface area contributed by atoms with Crippen LogP contribution >= 0.6 is 0 Å². The first-order valence-corrected chi connectivity index (χ1v) is 7.23. The highest BCUT2D eigenvalue weighted by Crippen LogP contribution is 2.45. The van der Waals surface area contributed by atoms with Crippen LogP contribution in [-0.2, 0) is 9.63 Å². The summed E-state index contributed by atoms with van der Waals surface area (Å²) >= 11 is 0. The van der Waals surface area contributed by atoms with Gasteiger partial charge in [0.2, 0.25) is 6.10 Å². The van der Waals surface area contributed by atoms with Crippen molar-refractivity contribution in [3.8, 4) is 0 Å². The normalized spacial score (nSPS) is 29.7. The van der Waals surface area contributed by atoms with Crippen LogP contribution in [-0.4, -0.2) is 35.7 Å². The van der Waals surface area contributed by atoms with Gasteiger partial charge >= 0.3 is 0 Å². The molecule has 1 saturated carbocycles. The number of oxime groups is 1. The lowest BCUT2D eigenvalue weighted by atomic mass is 9.86. The van der Waals surface area contributed by atoms with Crippen LogP contribution in [0.2, 0.25) is 0 Å². The van der Waals surface area contributed by atoms with Crippen LogP contribution in [0.4, 0.5) is 0 Å². The van der Waals surface area contributed by atoms with E-state index >= 15 is 0 Å². The number of carbonyl (C=O) groups excluding carboxylic acids is 1. The van der Waals surface area contributed by atoms with Gasteiger partial charge in [0.25, 0.3) is 5.91 Å². The van der Waals surface area contributed by atoms with Gasteiger partial charge in [0.05, 0.1) is 5.71 Å². The number of hydrogen-bond acceptors (Lipinski definition) is 3. The Morgan fingerprint density at radius 2 is 2.22 bits per heavy atom. The largest absolute Gasteiger partial charge is 0.382 e. The van der Waals surface area contributed by atoms with Crippen molar-refractivity contribution in [1.29, 1.82) is 0 Å². The SMILES string of the molecule is CCC1=NO[C@@H](C(=O)N2CCC3(CCCC3)C2)C1. The van der Waals surface area contributed by atoms with Crippen LogP contribution in [0.3, 0.4) is 0 Å². The van der Waals surface area contributed by atoms with Gasteiger partial charge in [0.1, 0.15) is 0 Å². The summed E-state index contributed by atoms with van der Waals surface area (Å²) in [7, 11) is 0. The maximum Gasteiger partial charge on any atom is 0.266 e. The molecule has 100 valence electrons. The molecular weight excluding hydrogens is 228 g/mol. The Hall–Kier alpha value is -1.06. The summed E-state index contributed by atoms with van der Waals surface area (Å²) in [6.45, 7) is 3.92. The summed E-state index contributed by atoms with van der Waals surface area (Å²) in [5, 5.41) is 3.99. The average Bonchev–Trinajstić information content (AvgIpc) is 3.11. The molecule has 3 aliphatic rings. The van der Waals surface area contributed by atoms with Crippen molar-refractivity contribution < 1.29 is 9.63 Å². The van der Waals surface area contributed by atoms with Gasteiger partial charge in [-0.15, -0.1) is 0 Å². The second-order valence-electron chi connectivity index (χ2n) is 6.03. The monoisotopic (exact) mass is 250 g/mol. The van der Waals surface area contributed by atoms with Crippen LogP contribution in [0, 0.1) is 5.41 Å². The molecule has 1 aliphatic carbocycles. The minimum atomic E-state index is -0.337. The van der Waals surface area contributed by atoms with Crippen LogP contribution in [0.25, 0.3) is 0 Å². The summed E-state index contributed by atoms with van der Waals surface area (Å²) < 4.78 is 0. The van der Waals surface area contributed by atoms with E-state index in [4.69, 9.17) is 4.84 Å². The predicted molar refractivity (Wildman–Crippen MR) is 69.3 cm³/mol. The van der Waals surface area contributed by atoms with Gasteiger partial charge in [-0.25, -0.2) is 0 Å². The molecule has 4 heteroatoms. The number of rotatable bonds is 2. The number of carbonyl (C=O) groups is 1. The molecule has 1 spiro atoms. The zero-order valence-electron chi connectivity index (χ0n) is 11.2. The summed E-state index contributed by atoms with van der Waals surface area (Å²) in [6.07, 6.45) is 7.71. The molecule has 0 aromatic rings. The molecule has 0 radical (unpaired) electrons. The third-order valence-corrected chi connectivity index (χ3v) is 4.83. The molecule has 1 amide bonds. The number of nitrogens with zero attached hydrogens (tertiary/aromatic N) is 2. The van der Waals surface area contributed by atoms with E-state index < -0.39 is 0 Å². The van der Waals surface area contributed by atoms with Crippen molar-refractivity contribution in [2.75, 3.05) is 13.1 Å². The molecule has 0 unspecified atom stereocenters. The molecule has 2 fully saturated rings. The standard InChI is InChI=1S/C14H22N2O2/c1-2-11-9-12(18-15-11)13(17)16-8-7-14(10-16)5-3-4-6-14/h12H,2-10H2,1H3/t12-/m1/s1. The van der Waals surface area contributed by atoms with E-state index in [1.807, 2.05) is 4.90 Å². The molecule has 3 rings (SSSR count). The lowest BCUT2D eigenvalue weighted by molar-refractivity contribution is -0.141. The first kappa shape index (κ1) is 12.0. The van der Waals surface area contributed by atoms with E-state index in [2.05, 4.69) is 12.1 Å². The fraction of sp³-hybridized carbons (Fsp3) is 0.857. The molecule has 1 saturated heterocycles. The summed E-state index contributed by atoms with van der Waals surface area (Å²) in [6, 6.07) is 0. The van der Waals surface area contributed by atoms with E-state index in [0.29, 0.717) is 11.8 Å². The predicted octanol–water partition coefficient (Wildman–Crippen LogP) is 2.33. The Labute approximate surface area is 108 Å². The molecule has 0 aromatic heterocycles. The van der Waals surface area contributed by atoms with E-state index in [0.717, 1.165) is 25.2 Å². The van der Waals surface area contributed by atoms with E-state index in [1.54, 1.807) is 0 Å². The molecule has 1 atom stereocenters. The lowest BCUT2D eigenvalue weighted by Crippen LogP contribution is -2.39. The smallest absolute Gasteiger partial charge is 0.266 e. The second-order valence-corrected chi connectivity index (χ2v) is 6.03. The highest BCUT2D eigenvalue weighted by molar-refractivity contribution is 5.92. The van der Waals surface area contributed by atoms with Crippen molar-refractivity contribution in [2.45, 2.75) is 58.0 Å². The second kappa shape index (κ2) is 4.56. The van der Waals surface area contributed by atoms with Crippen molar-refractivity contribution in [3.63, 3.8) is 0 Å².